The fourth-order valence-electron chi connectivity index (χ4n) is 2.04. The van der Waals surface area contributed by atoms with Crippen LogP contribution in [0.25, 0.3) is 0 Å². The summed E-state index contributed by atoms with van der Waals surface area (Å²) >= 11 is 0. The minimum Gasteiger partial charge on any atom is -0.381 e. The number of rotatable bonds is 4. The summed E-state index contributed by atoms with van der Waals surface area (Å²) < 4.78 is 5.30. The van der Waals surface area contributed by atoms with Gasteiger partial charge in [-0.25, -0.2) is 4.98 Å². The monoisotopic (exact) mass is 251 g/mol. The van der Waals surface area contributed by atoms with E-state index in [0.717, 1.165) is 44.0 Å². The molecule has 0 atom stereocenters. The highest BCUT2D eigenvalue weighted by Crippen LogP contribution is 2.20. The third-order valence-corrected chi connectivity index (χ3v) is 3.17. The van der Waals surface area contributed by atoms with Gasteiger partial charge < -0.3 is 10.1 Å². The minimum atomic E-state index is -0.428. The van der Waals surface area contributed by atoms with Gasteiger partial charge in [-0.3, -0.25) is 10.1 Å². The van der Waals surface area contributed by atoms with Gasteiger partial charge in [0, 0.05) is 25.8 Å². The fourth-order valence-corrected chi connectivity index (χ4v) is 2.04. The summed E-state index contributed by atoms with van der Waals surface area (Å²) in [6.45, 7) is 4.30. The molecule has 1 aromatic rings. The summed E-state index contributed by atoms with van der Waals surface area (Å²) in [7, 11) is 0. The van der Waals surface area contributed by atoms with Crippen LogP contribution in [-0.2, 0) is 4.74 Å². The lowest BCUT2D eigenvalue weighted by Crippen LogP contribution is -2.23. The summed E-state index contributed by atoms with van der Waals surface area (Å²) in [5, 5.41) is 13.9. The zero-order valence-electron chi connectivity index (χ0n) is 10.4. The molecular weight excluding hydrogens is 234 g/mol. The maximum Gasteiger partial charge on any atom is 0.287 e. The van der Waals surface area contributed by atoms with Crippen molar-refractivity contribution in [1.29, 1.82) is 0 Å². The Balaban J connectivity index is 1.94. The van der Waals surface area contributed by atoms with Gasteiger partial charge in [-0.15, -0.1) is 0 Å². The summed E-state index contributed by atoms with van der Waals surface area (Å²) in [5.41, 5.74) is 0.834. The van der Waals surface area contributed by atoms with E-state index in [2.05, 4.69) is 10.3 Å². The van der Waals surface area contributed by atoms with Crippen molar-refractivity contribution in [2.45, 2.75) is 19.8 Å². The lowest BCUT2D eigenvalue weighted by Gasteiger charge is -2.22. The lowest BCUT2D eigenvalue weighted by atomic mass is 10.0. The van der Waals surface area contributed by atoms with Crippen molar-refractivity contribution in [1.82, 2.24) is 4.98 Å². The van der Waals surface area contributed by atoms with Crippen LogP contribution in [-0.4, -0.2) is 29.7 Å². The molecule has 6 nitrogen and oxygen atoms in total. The van der Waals surface area contributed by atoms with Crippen LogP contribution in [0.4, 0.5) is 11.5 Å². The topological polar surface area (TPSA) is 77.3 Å². The number of hydrogen-bond donors (Lipinski definition) is 1. The molecule has 1 saturated heterocycles. The zero-order chi connectivity index (χ0) is 13.0. The summed E-state index contributed by atoms with van der Waals surface area (Å²) in [4.78, 5) is 14.3. The van der Waals surface area contributed by atoms with Crippen molar-refractivity contribution in [2.24, 2.45) is 5.92 Å². The van der Waals surface area contributed by atoms with Gasteiger partial charge in [-0.1, -0.05) is 0 Å². The molecule has 1 fully saturated rings. The van der Waals surface area contributed by atoms with Crippen molar-refractivity contribution in [3.8, 4) is 0 Å². The molecule has 0 amide bonds. The SMILES string of the molecule is Cc1cc([N+](=O)[O-])cnc1NCC1CCOCC1. The molecule has 18 heavy (non-hydrogen) atoms. The number of nitrogens with zero attached hydrogens (tertiary/aromatic N) is 2. The standard InChI is InChI=1S/C12H17N3O3/c1-9-6-11(15(16)17)8-14-12(9)13-7-10-2-4-18-5-3-10/h6,8,10H,2-5,7H2,1H3,(H,13,14). The zero-order valence-corrected chi connectivity index (χ0v) is 10.4. The molecule has 0 saturated carbocycles. The second kappa shape index (κ2) is 5.77. The number of aromatic nitrogens is 1. The van der Waals surface area contributed by atoms with Crippen molar-refractivity contribution in [3.63, 3.8) is 0 Å². The number of hydrogen-bond acceptors (Lipinski definition) is 5. The van der Waals surface area contributed by atoms with E-state index in [-0.39, 0.29) is 5.69 Å². The summed E-state index contributed by atoms with van der Waals surface area (Å²) in [6, 6.07) is 1.54. The number of ether oxygens (including phenoxy) is 1. The molecule has 2 heterocycles. The van der Waals surface area contributed by atoms with Gasteiger partial charge in [0.25, 0.3) is 5.69 Å². The molecule has 6 heteroatoms. The number of aryl methyl sites for hydroxylation is 1. The Bertz CT molecular complexity index is 431. The van der Waals surface area contributed by atoms with E-state index in [1.165, 1.54) is 6.20 Å². The van der Waals surface area contributed by atoms with Crippen LogP contribution in [0.15, 0.2) is 12.3 Å². The highest BCUT2D eigenvalue weighted by molar-refractivity contribution is 5.48. The fraction of sp³-hybridized carbons (Fsp3) is 0.583. The van der Waals surface area contributed by atoms with E-state index in [9.17, 15) is 10.1 Å². The van der Waals surface area contributed by atoms with Gasteiger partial charge in [-0.05, 0) is 31.2 Å². The highest BCUT2D eigenvalue weighted by Gasteiger charge is 2.15. The molecule has 0 aliphatic carbocycles. The van der Waals surface area contributed by atoms with Gasteiger partial charge in [0.05, 0.1) is 4.92 Å². The van der Waals surface area contributed by atoms with Crippen LogP contribution in [0.3, 0.4) is 0 Å². The van der Waals surface area contributed by atoms with Gasteiger partial charge >= 0.3 is 0 Å². The third kappa shape index (κ3) is 3.16. The Kier molecular flexibility index (Phi) is 4.09. The maximum absolute atomic E-state index is 10.6. The quantitative estimate of drug-likeness (QED) is 0.655. The van der Waals surface area contributed by atoms with E-state index in [4.69, 9.17) is 4.74 Å². The van der Waals surface area contributed by atoms with Crippen molar-refractivity contribution >= 4 is 11.5 Å². The molecule has 0 aromatic carbocycles. The number of pyridine rings is 1. The van der Waals surface area contributed by atoms with Crippen LogP contribution < -0.4 is 5.32 Å². The molecule has 1 N–H and O–H groups in total. The van der Waals surface area contributed by atoms with Crippen molar-refractivity contribution in [3.05, 3.63) is 27.9 Å². The van der Waals surface area contributed by atoms with Crippen LogP contribution in [0, 0.1) is 23.0 Å². The summed E-state index contributed by atoms with van der Waals surface area (Å²) in [5.74, 6) is 1.32. The van der Waals surface area contributed by atoms with E-state index in [1.54, 1.807) is 6.07 Å². The number of anilines is 1. The summed E-state index contributed by atoms with van der Waals surface area (Å²) in [6.07, 6.45) is 3.40. The van der Waals surface area contributed by atoms with E-state index >= 15 is 0 Å². The van der Waals surface area contributed by atoms with Gasteiger partial charge in [0.1, 0.15) is 12.0 Å². The largest absolute Gasteiger partial charge is 0.381 e. The van der Waals surface area contributed by atoms with Crippen LogP contribution >= 0.6 is 0 Å². The van der Waals surface area contributed by atoms with Crippen molar-refractivity contribution in [2.75, 3.05) is 25.1 Å². The second-order valence-corrected chi connectivity index (χ2v) is 4.55. The predicted molar refractivity (Wildman–Crippen MR) is 67.7 cm³/mol. The Morgan fingerprint density at radius 3 is 2.89 bits per heavy atom. The number of nitrogens with one attached hydrogen (secondary N) is 1. The average Bonchev–Trinajstić information content (AvgIpc) is 2.38. The first kappa shape index (κ1) is 12.8. The molecule has 1 aliphatic rings. The van der Waals surface area contributed by atoms with E-state index in [0.29, 0.717) is 5.92 Å². The first-order valence-electron chi connectivity index (χ1n) is 6.09. The molecule has 2 rings (SSSR count). The van der Waals surface area contributed by atoms with Crippen LogP contribution in [0.2, 0.25) is 0 Å². The minimum absolute atomic E-state index is 0.0316. The molecule has 0 bridgehead atoms. The molecule has 98 valence electrons. The van der Waals surface area contributed by atoms with Crippen LogP contribution in [0.5, 0.6) is 0 Å². The Hall–Kier alpha value is -1.69. The van der Waals surface area contributed by atoms with Crippen molar-refractivity contribution < 1.29 is 9.66 Å². The first-order valence-corrected chi connectivity index (χ1v) is 6.09. The molecule has 0 unspecified atom stereocenters. The normalized spacial score (nSPS) is 16.5. The van der Waals surface area contributed by atoms with E-state index < -0.39 is 4.92 Å². The van der Waals surface area contributed by atoms with Gasteiger partial charge in [0.15, 0.2) is 0 Å². The molecular formula is C12H17N3O3. The molecule has 0 spiro atoms. The van der Waals surface area contributed by atoms with E-state index in [1.807, 2.05) is 6.92 Å². The lowest BCUT2D eigenvalue weighted by molar-refractivity contribution is -0.385. The Labute approximate surface area is 106 Å². The Morgan fingerprint density at radius 1 is 1.56 bits per heavy atom. The van der Waals surface area contributed by atoms with Crippen LogP contribution in [0.1, 0.15) is 18.4 Å². The number of nitro groups is 1. The third-order valence-electron chi connectivity index (χ3n) is 3.17. The Morgan fingerprint density at radius 2 is 2.28 bits per heavy atom. The first-order chi connectivity index (χ1) is 8.66. The molecule has 1 aliphatic heterocycles. The average molecular weight is 251 g/mol. The smallest absolute Gasteiger partial charge is 0.287 e. The van der Waals surface area contributed by atoms with Gasteiger partial charge in [-0.2, -0.15) is 0 Å². The molecule has 0 radical (unpaired) electrons. The molecule has 1 aromatic heterocycles. The maximum atomic E-state index is 10.6. The predicted octanol–water partition coefficient (Wildman–Crippen LogP) is 2.14. The van der Waals surface area contributed by atoms with Gasteiger partial charge in [0.2, 0.25) is 0 Å². The highest BCUT2D eigenvalue weighted by atomic mass is 16.6. The second-order valence-electron chi connectivity index (χ2n) is 4.55.